The molecule has 132 valence electrons. The lowest BCUT2D eigenvalue weighted by molar-refractivity contribution is -0.136. The van der Waals surface area contributed by atoms with Gasteiger partial charge in [-0.05, 0) is 37.0 Å². The van der Waals surface area contributed by atoms with Crippen LogP contribution in [0, 0.1) is 5.92 Å². The van der Waals surface area contributed by atoms with Gasteiger partial charge in [0.15, 0.2) is 0 Å². The zero-order chi connectivity index (χ0) is 18.3. The SMILES string of the molecule is O=C(O)CN1C(=O)[C@H](C2CC2)N=C(c2ccccc2)c2cc(Cl)ccc21. The van der Waals surface area contributed by atoms with E-state index in [4.69, 9.17) is 16.6 Å². The van der Waals surface area contributed by atoms with Gasteiger partial charge in [0.25, 0.3) is 5.91 Å². The second-order valence-corrected chi connectivity index (χ2v) is 7.04. The molecule has 1 heterocycles. The van der Waals surface area contributed by atoms with Crippen molar-refractivity contribution >= 4 is 34.9 Å². The maximum absolute atomic E-state index is 13.1. The average Bonchev–Trinajstić information content (AvgIpc) is 3.46. The van der Waals surface area contributed by atoms with Gasteiger partial charge in [0.2, 0.25) is 0 Å². The van der Waals surface area contributed by atoms with E-state index in [-0.39, 0.29) is 11.8 Å². The first-order valence-electron chi connectivity index (χ1n) is 8.51. The molecule has 1 amide bonds. The van der Waals surface area contributed by atoms with E-state index >= 15 is 0 Å². The lowest BCUT2D eigenvalue weighted by Crippen LogP contribution is -2.42. The Kier molecular flexibility index (Phi) is 4.24. The molecular formula is C20H17ClN2O3. The molecule has 1 atom stereocenters. The highest BCUT2D eigenvalue weighted by molar-refractivity contribution is 6.32. The van der Waals surface area contributed by atoms with E-state index in [2.05, 4.69) is 0 Å². The minimum absolute atomic E-state index is 0.169. The van der Waals surface area contributed by atoms with Crippen LogP contribution in [0.1, 0.15) is 24.0 Å². The Balaban J connectivity index is 1.94. The molecule has 0 radical (unpaired) electrons. The number of hydrogen-bond acceptors (Lipinski definition) is 3. The number of carbonyl (C=O) groups excluding carboxylic acids is 1. The first-order valence-corrected chi connectivity index (χ1v) is 8.88. The number of benzene rings is 2. The molecule has 6 heteroatoms. The summed E-state index contributed by atoms with van der Waals surface area (Å²) in [5.41, 5.74) is 2.78. The van der Waals surface area contributed by atoms with Crippen LogP contribution < -0.4 is 4.90 Å². The second-order valence-electron chi connectivity index (χ2n) is 6.61. The molecule has 1 aliphatic heterocycles. The minimum atomic E-state index is -1.06. The van der Waals surface area contributed by atoms with E-state index in [0.717, 1.165) is 18.4 Å². The molecule has 1 saturated carbocycles. The van der Waals surface area contributed by atoms with Gasteiger partial charge in [0, 0.05) is 16.1 Å². The van der Waals surface area contributed by atoms with Crippen LogP contribution in [-0.4, -0.2) is 35.3 Å². The number of rotatable bonds is 4. The van der Waals surface area contributed by atoms with E-state index in [0.29, 0.717) is 22.0 Å². The summed E-state index contributed by atoms with van der Waals surface area (Å²) in [6.45, 7) is -0.395. The van der Waals surface area contributed by atoms with Crippen molar-refractivity contribution < 1.29 is 14.7 Å². The predicted octanol–water partition coefficient (Wildman–Crippen LogP) is 3.39. The van der Waals surface area contributed by atoms with Crippen molar-refractivity contribution in [2.24, 2.45) is 10.9 Å². The van der Waals surface area contributed by atoms with Crippen LogP contribution in [-0.2, 0) is 9.59 Å². The lowest BCUT2D eigenvalue weighted by atomic mass is 10.00. The summed E-state index contributed by atoms with van der Waals surface area (Å²) in [4.78, 5) is 30.6. The summed E-state index contributed by atoms with van der Waals surface area (Å²) in [6, 6.07) is 14.2. The summed E-state index contributed by atoms with van der Waals surface area (Å²) in [7, 11) is 0. The van der Waals surface area contributed by atoms with Crippen molar-refractivity contribution in [3.8, 4) is 0 Å². The second kappa shape index (κ2) is 6.57. The van der Waals surface area contributed by atoms with Crippen molar-refractivity contribution in [2.75, 3.05) is 11.4 Å². The number of halogens is 1. The van der Waals surface area contributed by atoms with E-state index in [1.165, 1.54) is 4.90 Å². The van der Waals surface area contributed by atoms with Crippen molar-refractivity contribution in [1.29, 1.82) is 0 Å². The molecule has 2 aliphatic rings. The maximum atomic E-state index is 13.1. The number of aliphatic carboxylic acids is 1. The van der Waals surface area contributed by atoms with Crippen molar-refractivity contribution in [2.45, 2.75) is 18.9 Å². The Bertz CT molecular complexity index is 907. The molecule has 0 bridgehead atoms. The van der Waals surface area contributed by atoms with Crippen LogP contribution in [0.25, 0.3) is 0 Å². The Hall–Kier alpha value is -2.66. The van der Waals surface area contributed by atoms with Crippen molar-refractivity contribution in [1.82, 2.24) is 0 Å². The number of nitrogens with zero attached hydrogens (tertiary/aromatic N) is 2. The van der Waals surface area contributed by atoms with Crippen molar-refractivity contribution in [3.05, 3.63) is 64.7 Å². The molecule has 2 aromatic rings. The molecule has 0 unspecified atom stereocenters. The number of benzodiazepines with no additional fused rings is 1. The Labute approximate surface area is 155 Å². The number of carbonyl (C=O) groups is 2. The fourth-order valence-electron chi connectivity index (χ4n) is 3.32. The fourth-order valence-corrected chi connectivity index (χ4v) is 3.49. The lowest BCUT2D eigenvalue weighted by Gasteiger charge is -2.23. The van der Waals surface area contributed by atoms with Gasteiger partial charge in [-0.3, -0.25) is 19.5 Å². The summed E-state index contributed by atoms with van der Waals surface area (Å²) in [5.74, 6) is -1.15. The number of amides is 1. The fraction of sp³-hybridized carbons (Fsp3) is 0.250. The molecule has 0 aromatic heterocycles. The summed E-state index contributed by atoms with van der Waals surface area (Å²) < 4.78 is 0. The summed E-state index contributed by atoms with van der Waals surface area (Å²) in [6.07, 6.45) is 1.86. The number of fused-ring (bicyclic) bond motifs is 1. The largest absolute Gasteiger partial charge is 0.480 e. The van der Waals surface area contributed by atoms with Crippen LogP contribution in [0.4, 0.5) is 5.69 Å². The first-order chi connectivity index (χ1) is 12.5. The topological polar surface area (TPSA) is 70.0 Å². The van der Waals surface area contributed by atoms with Gasteiger partial charge in [-0.1, -0.05) is 41.9 Å². The van der Waals surface area contributed by atoms with Gasteiger partial charge < -0.3 is 5.11 Å². The van der Waals surface area contributed by atoms with E-state index in [9.17, 15) is 14.7 Å². The van der Waals surface area contributed by atoms with Crippen molar-refractivity contribution in [3.63, 3.8) is 0 Å². The molecule has 1 aliphatic carbocycles. The Morgan fingerprint density at radius 2 is 1.92 bits per heavy atom. The monoisotopic (exact) mass is 368 g/mol. The molecule has 26 heavy (non-hydrogen) atoms. The van der Waals surface area contributed by atoms with Crippen LogP contribution in [0.5, 0.6) is 0 Å². The quantitative estimate of drug-likeness (QED) is 0.899. The third-order valence-corrected chi connectivity index (χ3v) is 4.94. The van der Waals surface area contributed by atoms with Crippen LogP contribution in [0.15, 0.2) is 53.5 Å². The number of carboxylic acids is 1. The zero-order valence-corrected chi connectivity index (χ0v) is 14.7. The molecule has 0 spiro atoms. The predicted molar refractivity (Wildman–Crippen MR) is 100 cm³/mol. The zero-order valence-electron chi connectivity index (χ0n) is 13.9. The molecule has 2 aromatic carbocycles. The van der Waals surface area contributed by atoms with Gasteiger partial charge in [0.1, 0.15) is 12.6 Å². The van der Waals surface area contributed by atoms with Gasteiger partial charge in [0.05, 0.1) is 11.4 Å². The highest BCUT2D eigenvalue weighted by Gasteiger charge is 2.42. The highest BCUT2D eigenvalue weighted by Crippen LogP contribution is 2.39. The van der Waals surface area contributed by atoms with Gasteiger partial charge in [-0.15, -0.1) is 0 Å². The van der Waals surface area contributed by atoms with E-state index < -0.39 is 18.6 Å². The third kappa shape index (κ3) is 3.10. The third-order valence-electron chi connectivity index (χ3n) is 4.70. The van der Waals surface area contributed by atoms with E-state index in [1.807, 2.05) is 30.3 Å². The standard InChI is InChI=1S/C20H17ClN2O3/c21-14-8-9-16-15(10-14)18(12-4-2-1-3-5-12)22-19(13-6-7-13)20(26)23(16)11-17(24)25/h1-5,8-10,13,19H,6-7,11H2,(H,24,25)/t19-/m0/s1. The maximum Gasteiger partial charge on any atom is 0.323 e. The number of hydrogen-bond donors (Lipinski definition) is 1. The van der Waals surface area contributed by atoms with E-state index in [1.54, 1.807) is 18.2 Å². The Morgan fingerprint density at radius 1 is 1.19 bits per heavy atom. The molecule has 1 N–H and O–H groups in total. The molecule has 1 fully saturated rings. The molecule has 5 nitrogen and oxygen atoms in total. The van der Waals surface area contributed by atoms with Crippen LogP contribution >= 0.6 is 11.6 Å². The number of carboxylic acid groups (broad SMARTS) is 1. The summed E-state index contributed by atoms with van der Waals surface area (Å²) in [5, 5.41) is 9.84. The molecule has 0 saturated heterocycles. The smallest absolute Gasteiger partial charge is 0.323 e. The van der Waals surface area contributed by atoms with Gasteiger partial charge in [-0.25, -0.2) is 0 Å². The Morgan fingerprint density at radius 3 is 2.58 bits per heavy atom. The molecule has 4 rings (SSSR count). The number of anilines is 1. The number of aliphatic imine (C=N–C) groups is 1. The first kappa shape index (κ1) is 16.8. The highest BCUT2D eigenvalue weighted by atomic mass is 35.5. The van der Waals surface area contributed by atoms with Crippen LogP contribution in [0.2, 0.25) is 5.02 Å². The van der Waals surface area contributed by atoms with Gasteiger partial charge in [-0.2, -0.15) is 0 Å². The summed E-state index contributed by atoms with van der Waals surface area (Å²) >= 11 is 6.21. The van der Waals surface area contributed by atoms with Gasteiger partial charge >= 0.3 is 5.97 Å². The molecular weight excluding hydrogens is 352 g/mol. The average molecular weight is 369 g/mol. The normalized spacial score (nSPS) is 19.6. The minimum Gasteiger partial charge on any atom is -0.480 e. The van der Waals surface area contributed by atoms with Crippen LogP contribution in [0.3, 0.4) is 0 Å².